The van der Waals surface area contributed by atoms with Gasteiger partial charge in [0.1, 0.15) is 0 Å². The molecule has 4 N–H and O–H groups in total. The van der Waals surface area contributed by atoms with Crippen molar-refractivity contribution in [3.63, 3.8) is 0 Å². The molecule has 3 saturated carbocycles. The van der Waals surface area contributed by atoms with Gasteiger partial charge in [-0.1, -0.05) is 56.1 Å². The number of fused-ring (bicyclic) bond motifs is 1. The zero-order valence-electron chi connectivity index (χ0n) is 20.7. The lowest BCUT2D eigenvalue weighted by Crippen LogP contribution is -2.36. The predicted molar refractivity (Wildman–Crippen MR) is 130 cm³/mol. The maximum absolute atomic E-state index is 10.4. The first kappa shape index (κ1) is 25.7. The Hall–Kier alpha value is -0.940. The van der Waals surface area contributed by atoms with Crippen molar-refractivity contribution >= 4 is 0 Å². The number of allylic oxidation sites excluding steroid dienone is 3. The first-order valence-electron chi connectivity index (χ1n) is 12.8. The third-order valence-corrected chi connectivity index (χ3v) is 8.71. The standard InChI is InChI=1S/C28H46O4/c1-19(7-5-14-27(2,3)32)23-11-12-24-21(8-6-15-28(23,24)4)10-9-20-17-25(30)22(13-16-29)26(31)18-20/h9-10,13,19,23-26,29-32H,5-8,11-12,14-18H2,1-4H3/t19-,23?,24?,25+,26+,28?/m0/s1. The second kappa shape index (κ2) is 10.5. The van der Waals surface area contributed by atoms with Gasteiger partial charge in [-0.2, -0.15) is 0 Å². The Morgan fingerprint density at radius 1 is 1.12 bits per heavy atom. The number of hydrogen-bond acceptors (Lipinski definition) is 4. The van der Waals surface area contributed by atoms with Gasteiger partial charge in [0.2, 0.25) is 0 Å². The van der Waals surface area contributed by atoms with Gasteiger partial charge in [-0.05, 0) is 94.0 Å². The van der Waals surface area contributed by atoms with Gasteiger partial charge in [0.15, 0.2) is 0 Å². The van der Waals surface area contributed by atoms with Crippen molar-refractivity contribution in [3.05, 3.63) is 34.9 Å². The Morgan fingerprint density at radius 2 is 1.81 bits per heavy atom. The van der Waals surface area contributed by atoms with Crippen molar-refractivity contribution in [1.29, 1.82) is 0 Å². The molecular weight excluding hydrogens is 400 g/mol. The molecule has 0 aromatic rings. The van der Waals surface area contributed by atoms with Crippen LogP contribution in [-0.2, 0) is 0 Å². The molecule has 0 aromatic heterocycles. The zero-order chi connectivity index (χ0) is 23.5. The minimum absolute atomic E-state index is 0.149. The lowest BCUT2D eigenvalue weighted by atomic mass is 9.60. The van der Waals surface area contributed by atoms with Crippen molar-refractivity contribution in [1.82, 2.24) is 0 Å². The van der Waals surface area contributed by atoms with Crippen LogP contribution in [0, 0.1) is 23.2 Å². The minimum atomic E-state index is -0.701. The maximum atomic E-state index is 10.4. The number of rotatable bonds is 7. The van der Waals surface area contributed by atoms with Gasteiger partial charge in [0.25, 0.3) is 0 Å². The first-order valence-corrected chi connectivity index (χ1v) is 12.8. The number of aliphatic hydroxyl groups excluding tert-OH is 3. The second-order valence-electron chi connectivity index (χ2n) is 11.7. The molecule has 3 rings (SSSR count). The van der Waals surface area contributed by atoms with E-state index in [0.29, 0.717) is 35.7 Å². The zero-order valence-corrected chi connectivity index (χ0v) is 20.7. The van der Waals surface area contributed by atoms with Gasteiger partial charge in [0, 0.05) is 0 Å². The summed E-state index contributed by atoms with van der Waals surface area (Å²) in [5.74, 6) is 2.07. The average Bonchev–Trinajstić information content (AvgIpc) is 3.05. The van der Waals surface area contributed by atoms with E-state index in [2.05, 4.69) is 26.0 Å². The van der Waals surface area contributed by atoms with E-state index < -0.39 is 17.8 Å². The van der Waals surface area contributed by atoms with Crippen molar-refractivity contribution < 1.29 is 20.4 Å². The summed E-state index contributed by atoms with van der Waals surface area (Å²) in [5.41, 5.74) is 3.00. The summed E-state index contributed by atoms with van der Waals surface area (Å²) in [6, 6.07) is 0. The lowest BCUT2D eigenvalue weighted by Gasteiger charge is -2.44. The number of hydrogen-bond donors (Lipinski definition) is 4. The van der Waals surface area contributed by atoms with E-state index in [1.807, 2.05) is 13.8 Å². The summed E-state index contributed by atoms with van der Waals surface area (Å²) in [5, 5.41) is 39.9. The third kappa shape index (κ3) is 5.94. The molecule has 182 valence electrons. The minimum Gasteiger partial charge on any atom is -0.392 e. The molecule has 6 atom stereocenters. The van der Waals surface area contributed by atoms with Crippen LogP contribution in [0.4, 0.5) is 0 Å². The molecular formula is C28H46O4. The summed E-state index contributed by atoms with van der Waals surface area (Å²) >= 11 is 0. The Bertz CT molecular complexity index is 712. The molecule has 3 unspecified atom stereocenters. The second-order valence-corrected chi connectivity index (χ2v) is 11.7. The molecule has 4 nitrogen and oxygen atoms in total. The van der Waals surface area contributed by atoms with Crippen LogP contribution in [0.2, 0.25) is 0 Å². The molecule has 32 heavy (non-hydrogen) atoms. The molecule has 0 heterocycles. The maximum Gasteiger partial charge on any atom is 0.0813 e. The monoisotopic (exact) mass is 446 g/mol. The molecule has 0 aromatic carbocycles. The van der Waals surface area contributed by atoms with Crippen LogP contribution >= 0.6 is 0 Å². The topological polar surface area (TPSA) is 80.9 Å². The van der Waals surface area contributed by atoms with Gasteiger partial charge in [-0.15, -0.1) is 0 Å². The predicted octanol–water partition coefficient (Wildman–Crippen LogP) is 5.07. The molecule has 0 spiro atoms. The van der Waals surface area contributed by atoms with Crippen LogP contribution in [-0.4, -0.2) is 44.8 Å². The highest BCUT2D eigenvalue weighted by Gasteiger charge is 2.50. The van der Waals surface area contributed by atoms with E-state index in [0.717, 1.165) is 30.8 Å². The summed E-state index contributed by atoms with van der Waals surface area (Å²) in [6.45, 7) is 8.60. The van der Waals surface area contributed by atoms with Crippen molar-refractivity contribution in [2.75, 3.05) is 6.61 Å². The SMILES string of the molecule is C[C@@H](CCCC(C)(C)O)C1CCC2C(=CC=C3C[C@@H](O)C(=CCO)[C@H](O)C3)CCCC21C. The third-order valence-electron chi connectivity index (χ3n) is 8.71. The van der Waals surface area contributed by atoms with Gasteiger partial charge in [-0.3, -0.25) is 0 Å². The Morgan fingerprint density at radius 3 is 2.44 bits per heavy atom. The van der Waals surface area contributed by atoms with E-state index in [1.165, 1.54) is 32.1 Å². The highest BCUT2D eigenvalue weighted by Crippen LogP contribution is 2.60. The van der Waals surface area contributed by atoms with Gasteiger partial charge in [0.05, 0.1) is 24.4 Å². The fraction of sp³-hybridized carbons (Fsp3) is 0.786. The van der Waals surface area contributed by atoms with Crippen molar-refractivity contribution in [2.45, 2.75) is 110 Å². The Labute approximate surface area is 195 Å². The van der Waals surface area contributed by atoms with E-state index in [-0.39, 0.29) is 6.61 Å². The fourth-order valence-corrected chi connectivity index (χ4v) is 7.05. The highest BCUT2D eigenvalue weighted by molar-refractivity contribution is 5.30. The largest absolute Gasteiger partial charge is 0.392 e. The van der Waals surface area contributed by atoms with Crippen LogP contribution in [0.1, 0.15) is 91.9 Å². The van der Waals surface area contributed by atoms with Crippen LogP contribution in [0.25, 0.3) is 0 Å². The van der Waals surface area contributed by atoms with Crippen molar-refractivity contribution in [3.8, 4) is 0 Å². The van der Waals surface area contributed by atoms with Crippen LogP contribution in [0.3, 0.4) is 0 Å². The van der Waals surface area contributed by atoms with E-state index in [4.69, 9.17) is 5.11 Å². The summed E-state index contributed by atoms with van der Waals surface area (Å²) < 4.78 is 0. The van der Waals surface area contributed by atoms with Crippen LogP contribution in [0.5, 0.6) is 0 Å². The summed E-state index contributed by atoms with van der Waals surface area (Å²) in [7, 11) is 0. The molecule has 3 aliphatic carbocycles. The Balaban J connectivity index is 1.67. The quantitative estimate of drug-likeness (QED) is 0.412. The molecule has 3 aliphatic rings. The smallest absolute Gasteiger partial charge is 0.0813 e. The normalized spacial score (nSPS) is 35.7. The average molecular weight is 447 g/mol. The molecule has 0 amide bonds. The molecule has 0 radical (unpaired) electrons. The van der Waals surface area contributed by atoms with Gasteiger partial charge in [-0.25, -0.2) is 0 Å². The Kier molecular flexibility index (Phi) is 8.46. The van der Waals surface area contributed by atoms with Crippen LogP contribution in [0.15, 0.2) is 34.9 Å². The van der Waals surface area contributed by atoms with Crippen LogP contribution < -0.4 is 0 Å². The number of aliphatic hydroxyl groups is 4. The molecule has 4 heteroatoms. The molecule has 0 bridgehead atoms. The van der Waals surface area contributed by atoms with Crippen molar-refractivity contribution in [2.24, 2.45) is 23.2 Å². The first-order chi connectivity index (χ1) is 15.0. The molecule has 0 saturated heterocycles. The molecule has 3 fully saturated rings. The highest BCUT2D eigenvalue weighted by atomic mass is 16.3. The van der Waals surface area contributed by atoms with E-state index in [9.17, 15) is 15.3 Å². The van der Waals surface area contributed by atoms with E-state index >= 15 is 0 Å². The molecule has 0 aliphatic heterocycles. The summed E-state index contributed by atoms with van der Waals surface area (Å²) in [4.78, 5) is 0. The lowest BCUT2D eigenvalue weighted by molar-refractivity contribution is 0.0596. The van der Waals surface area contributed by atoms with Gasteiger partial charge >= 0.3 is 0 Å². The van der Waals surface area contributed by atoms with Gasteiger partial charge < -0.3 is 20.4 Å². The van der Waals surface area contributed by atoms with E-state index in [1.54, 1.807) is 11.6 Å². The summed E-state index contributed by atoms with van der Waals surface area (Å²) in [6.07, 6.45) is 15.1. The fourth-order valence-electron chi connectivity index (χ4n) is 7.05.